The average Bonchev–Trinajstić information content (AvgIpc) is 2.91. The summed E-state index contributed by atoms with van der Waals surface area (Å²) in [6.07, 6.45) is -1.18. The van der Waals surface area contributed by atoms with E-state index in [1.165, 1.54) is 27.7 Å². The van der Waals surface area contributed by atoms with E-state index in [9.17, 15) is 24.0 Å². The predicted molar refractivity (Wildman–Crippen MR) is 129 cm³/mol. The molecule has 0 N–H and O–H groups in total. The summed E-state index contributed by atoms with van der Waals surface area (Å²) >= 11 is 0. The zero-order valence-corrected chi connectivity index (χ0v) is 22.6. The van der Waals surface area contributed by atoms with E-state index in [2.05, 4.69) is 13.5 Å². The van der Waals surface area contributed by atoms with Crippen LogP contribution in [0.15, 0.2) is 12.2 Å². The third kappa shape index (κ3) is 3.51. The largest absolute Gasteiger partial charge is 0.462 e. The van der Waals surface area contributed by atoms with Gasteiger partial charge in [-0.1, -0.05) is 19.9 Å². The minimum Gasteiger partial charge on any atom is -0.462 e. The van der Waals surface area contributed by atoms with Crippen LogP contribution in [0.2, 0.25) is 0 Å². The zero-order valence-electron chi connectivity index (χ0n) is 22.6. The fraction of sp³-hybridized carbons (Fsp3) is 0.750. The highest BCUT2D eigenvalue weighted by Gasteiger charge is 2.82. The number of ketones is 1. The number of Topliss-reactive ketones (excluding diaryl/α,β-unsaturated/α-hetero) is 1. The summed E-state index contributed by atoms with van der Waals surface area (Å²) in [6, 6.07) is 0. The first-order chi connectivity index (χ1) is 17.8. The van der Waals surface area contributed by atoms with Gasteiger partial charge < -0.3 is 23.7 Å². The van der Waals surface area contributed by atoms with Gasteiger partial charge in [-0.3, -0.25) is 24.0 Å². The number of hydrogen-bond donors (Lipinski definition) is 0. The van der Waals surface area contributed by atoms with Crippen LogP contribution >= 0.6 is 0 Å². The summed E-state index contributed by atoms with van der Waals surface area (Å²) in [7, 11) is 0. The van der Waals surface area contributed by atoms with Crippen molar-refractivity contribution in [1.82, 2.24) is 0 Å². The van der Waals surface area contributed by atoms with E-state index in [0.717, 1.165) is 12.8 Å². The second kappa shape index (κ2) is 8.89. The summed E-state index contributed by atoms with van der Waals surface area (Å²) in [5, 5.41) is 0. The number of fused-ring (bicyclic) bond motifs is 1. The second-order valence-corrected chi connectivity index (χ2v) is 12.0. The van der Waals surface area contributed by atoms with Crippen LogP contribution in [0.1, 0.15) is 66.7 Å². The molecule has 5 fully saturated rings. The summed E-state index contributed by atoms with van der Waals surface area (Å²) in [4.78, 5) is 64.1. The molecule has 38 heavy (non-hydrogen) atoms. The molecule has 0 unspecified atom stereocenters. The van der Waals surface area contributed by atoms with Crippen molar-refractivity contribution in [3.05, 3.63) is 12.2 Å². The van der Waals surface area contributed by atoms with Crippen LogP contribution in [0.4, 0.5) is 0 Å². The van der Waals surface area contributed by atoms with Crippen molar-refractivity contribution >= 4 is 29.7 Å². The van der Waals surface area contributed by atoms with E-state index in [1.807, 2.05) is 0 Å². The summed E-state index contributed by atoms with van der Waals surface area (Å²) in [6.45, 7) is 11.6. The molecule has 0 aromatic carbocycles. The van der Waals surface area contributed by atoms with Crippen molar-refractivity contribution in [2.45, 2.75) is 91.3 Å². The molecule has 1 saturated heterocycles. The molecule has 4 bridgehead atoms. The van der Waals surface area contributed by atoms with Crippen LogP contribution in [0.25, 0.3) is 0 Å². The molecule has 5 rings (SSSR count). The lowest BCUT2D eigenvalue weighted by molar-refractivity contribution is -0.358. The standard InChI is InChI=1S/C28H36O10/c1-13-18-10-19(35-14(2)29)22-27-9-7-8-26(6,12-34-25(27)38-17(5)32)20(27)11-21(36-15(3)30)28(22,23(13)33)24(18)37-16(4)31/h18-22,24-25H,1,7-12H2,2-6H3/t18-,19-,20+,21+,22-,24+,25-,26-,27-,28+/m0/s1. The number of carbonyl (C=O) groups is 5. The Kier molecular flexibility index (Phi) is 6.28. The Morgan fingerprint density at radius 1 is 0.895 bits per heavy atom. The van der Waals surface area contributed by atoms with Crippen LogP contribution in [0.5, 0.6) is 0 Å². The number of carbonyl (C=O) groups excluding carboxylic acids is 5. The fourth-order valence-electron chi connectivity index (χ4n) is 9.12. The van der Waals surface area contributed by atoms with Crippen molar-refractivity contribution in [2.24, 2.45) is 34.0 Å². The lowest BCUT2D eigenvalue weighted by Crippen LogP contribution is -2.76. The zero-order chi connectivity index (χ0) is 27.8. The van der Waals surface area contributed by atoms with Crippen LogP contribution in [-0.4, -0.2) is 60.9 Å². The highest BCUT2D eigenvalue weighted by Crippen LogP contribution is 2.75. The van der Waals surface area contributed by atoms with Gasteiger partial charge in [0.1, 0.15) is 23.7 Å². The van der Waals surface area contributed by atoms with Gasteiger partial charge in [0.05, 0.1) is 6.61 Å². The van der Waals surface area contributed by atoms with E-state index in [0.29, 0.717) is 13.0 Å². The van der Waals surface area contributed by atoms with E-state index < -0.39 is 71.1 Å². The Morgan fingerprint density at radius 2 is 1.53 bits per heavy atom. The smallest absolute Gasteiger partial charge is 0.304 e. The van der Waals surface area contributed by atoms with Crippen molar-refractivity contribution in [2.75, 3.05) is 6.61 Å². The second-order valence-electron chi connectivity index (χ2n) is 12.0. The molecule has 1 aliphatic heterocycles. The molecule has 0 aromatic heterocycles. The molecule has 0 radical (unpaired) electrons. The van der Waals surface area contributed by atoms with Crippen LogP contribution in [0, 0.1) is 34.0 Å². The maximum absolute atomic E-state index is 14.4. The van der Waals surface area contributed by atoms with Gasteiger partial charge in [0, 0.05) is 44.9 Å². The lowest BCUT2D eigenvalue weighted by Gasteiger charge is -2.70. The number of rotatable bonds is 4. The van der Waals surface area contributed by atoms with Gasteiger partial charge in [-0.25, -0.2) is 0 Å². The van der Waals surface area contributed by atoms with Gasteiger partial charge in [-0.2, -0.15) is 0 Å². The SMILES string of the molecule is C=C1C(=O)[C@]23[C@H](OC(C)=O)[C@H]1C[C@H](OC(C)=O)[C@H]2[C@@]12CCC[C@@](C)(CO[C@H]1OC(C)=O)[C@H]2C[C@H]3OC(C)=O. The maximum atomic E-state index is 14.4. The topological polar surface area (TPSA) is 132 Å². The molecule has 1 spiro atoms. The van der Waals surface area contributed by atoms with E-state index in [-0.39, 0.29) is 35.5 Å². The third-order valence-corrected chi connectivity index (χ3v) is 9.95. The quantitative estimate of drug-likeness (QED) is 0.302. The minimum absolute atomic E-state index is 0.194. The van der Waals surface area contributed by atoms with E-state index in [4.69, 9.17) is 23.7 Å². The van der Waals surface area contributed by atoms with Gasteiger partial charge >= 0.3 is 23.9 Å². The van der Waals surface area contributed by atoms with Gasteiger partial charge in [0.2, 0.25) is 6.29 Å². The number of ether oxygens (including phenoxy) is 5. The molecule has 5 aliphatic rings. The first-order valence-corrected chi connectivity index (χ1v) is 13.3. The van der Waals surface area contributed by atoms with Crippen molar-refractivity contribution in [3.8, 4) is 0 Å². The van der Waals surface area contributed by atoms with Gasteiger partial charge in [0.25, 0.3) is 0 Å². The van der Waals surface area contributed by atoms with Crippen LogP contribution in [0.3, 0.4) is 0 Å². The Hall–Kier alpha value is -2.75. The van der Waals surface area contributed by atoms with Crippen LogP contribution in [-0.2, 0) is 47.7 Å². The number of esters is 4. The van der Waals surface area contributed by atoms with E-state index in [1.54, 1.807) is 0 Å². The highest BCUT2D eigenvalue weighted by atomic mass is 16.7. The predicted octanol–water partition coefficient (Wildman–Crippen LogP) is 2.66. The van der Waals surface area contributed by atoms with Crippen molar-refractivity contribution < 1.29 is 47.7 Å². The normalized spacial score (nSPS) is 44.8. The van der Waals surface area contributed by atoms with Gasteiger partial charge in [-0.05, 0) is 42.6 Å². The Bertz CT molecular complexity index is 1110. The minimum atomic E-state index is -1.58. The Labute approximate surface area is 221 Å². The molecule has 4 saturated carbocycles. The molecule has 10 atom stereocenters. The molecule has 0 amide bonds. The molecular weight excluding hydrogens is 496 g/mol. The molecule has 0 aromatic rings. The average molecular weight is 533 g/mol. The van der Waals surface area contributed by atoms with Crippen molar-refractivity contribution in [1.29, 1.82) is 0 Å². The van der Waals surface area contributed by atoms with Crippen LogP contribution < -0.4 is 0 Å². The highest BCUT2D eigenvalue weighted by molar-refractivity contribution is 6.05. The number of hydrogen-bond acceptors (Lipinski definition) is 10. The van der Waals surface area contributed by atoms with Gasteiger partial charge in [0.15, 0.2) is 5.78 Å². The molecule has 208 valence electrons. The molecule has 4 aliphatic carbocycles. The Morgan fingerprint density at radius 3 is 2.13 bits per heavy atom. The molecule has 10 nitrogen and oxygen atoms in total. The molecule has 10 heteroatoms. The Balaban J connectivity index is 1.82. The maximum Gasteiger partial charge on any atom is 0.304 e. The first-order valence-electron chi connectivity index (χ1n) is 13.3. The lowest BCUT2D eigenvalue weighted by atomic mass is 9.37. The third-order valence-electron chi connectivity index (χ3n) is 9.95. The summed E-state index contributed by atoms with van der Waals surface area (Å²) in [5.74, 6) is -4.24. The molecule has 1 heterocycles. The van der Waals surface area contributed by atoms with Crippen molar-refractivity contribution in [3.63, 3.8) is 0 Å². The first kappa shape index (κ1) is 26.8. The molecular formula is C28H36O10. The van der Waals surface area contributed by atoms with E-state index >= 15 is 0 Å². The monoisotopic (exact) mass is 532 g/mol. The van der Waals surface area contributed by atoms with Gasteiger partial charge in [-0.15, -0.1) is 0 Å². The summed E-state index contributed by atoms with van der Waals surface area (Å²) < 4.78 is 29.9. The fourth-order valence-corrected chi connectivity index (χ4v) is 9.12. The summed E-state index contributed by atoms with van der Waals surface area (Å²) in [5.41, 5.74) is -2.66.